The fourth-order valence-corrected chi connectivity index (χ4v) is 2.30. The molecule has 18 heavy (non-hydrogen) atoms. The van der Waals surface area contributed by atoms with Crippen molar-refractivity contribution in [2.75, 3.05) is 9.62 Å². The highest BCUT2D eigenvalue weighted by atomic mass is 15.4. The molecular weight excluding hydrogens is 223 g/mol. The van der Waals surface area contributed by atoms with E-state index in [9.17, 15) is 0 Å². The van der Waals surface area contributed by atoms with Gasteiger partial charge >= 0.3 is 7.55 Å². The van der Waals surface area contributed by atoms with Gasteiger partial charge < -0.3 is 14.2 Å². The van der Waals surface area contributed by atoms with E-state index in [0.717, 1.165) is 5.95 Å². The van der Waals surface area contributed by atoms with Gasteiger partial charge in [0.15, 0.2) is 5.95 Å². The fraction of sp³-hybridized carbons (Fsp3) is 0.308. The summed E-state index contributed by atoms with van der Waals surface area (Å²) >= 11 is 0. The number of para-hydroxylation sites is 2. The number of fused-ring (bicyclic) bond motifs is 1. The molecule has 0 spiro atoms. The summed E-state index contributed by atoms with van der Waals surface area (Å²) in [7, 11) is 4.13. The summed E-state index contributed by atoms with van der Waals surface area (Å²) in [6.45, 7) is 4.38. The number of benzene rings is 1. The van der Waals surface area contributed by atoms with Crippen LogP contribution in [0, 0.1) is 0 Å². The van der Waals surface area contributed by atoms with Crippen LogP contribution in [0.4, 0.5) is 17.3 Å². The van der Waals surface area contributed by atoms with Gasteiger partial charge in [0.25, 0.3) is 0 Å². The Labute approximate surface area is 108 Å². The third-order valence-corrected chi connectivity index (χ3v) is 3.23. The fourth-order valence-electron chi connectivity index (χ4n) is 2.30. The van der Waals surface area contributed by atoms with Gasteiger partial charge in [0, 0.05) is 31.2 Å². The Bertz CT molecular complexity index is 564. The molecule has 0 atom stereocenters. The van der Waals surface area contributed by atoms with Crippen LogP contribution in [0.2, 0.25) is 0 Å². The van der Waals surface area contributed by atoms with Crippen molar-refractivity contribution in [1.82, 2.24) is 9.55 Å². The van der Waals surface area contributed by atoms with Crippen LogP contribution in [0.25, 0.3) is 0 Å². The normalized spacial score (nSPS) is 14.0. The van der Waals surface area contributed by atoms with E-state index in [0.29, 0.717) is 6.04 Å². The maximum atomic E-state index is 4.42. The maximum Gasteiger partial charge on any atom is 0.399 e. The Morgan fingerprint density at radius 3 is 2.50 bits per heavy atom. The van der Waals surface area contributed by atoms with E-state index in [1.54, 1.807) is 0 Å². The molecule has 5 heteroatoms. The first-order valence-electron chi connectivity index (χ1n) is 6.17. The molecule has 1 aliphatic rings. The smallest absolute Gasteiger partial charge is 0.395 e. The van der Waals surface area contributed by atoms with Crippen molar-refractivity contribution in [3.8, 4) is 0 Å². The third-order valence-electron chi connectivity index (χ3n) is 3.23. The van der Waals surface area contributed by atoms with Gasteiger partial charge in [-0.3, -0.25) is 0 Å². The van der Waals surface area contributed by atoms with Gasteiger partial charge in [-0.15, -0.1) is 0 Å². The summed E-state index contributed by atoms with van der Waals surface area (Å²) in [5.41, 5.74) is 2.41. The molecule has 4 nitrogen and oxygen atoms in total. The Hall–Kier alpha value is -1.91. The molecule has 0 unspecified atom stereocenters. The van der Waals surface area contributed by atoms with Gasteiger partial charge in [-0.05, 0) is 26.0 Å². The zero-order valence-corrected chi connectivity index (χ0v) is 10.9. The topological polar surface area (TPSA) is 24.3 Å². The number of rotatable bonds is 2. The second-order valence-electron chi connectivity index (χ2n) is 4.81. The lowest BCUT2D eigenvalue weighted by molar-refractivity contribution is 0.828. The zero-order valence-electron chi connectivity index (χ0n) is 10.9. The summed E-state index contributed by atoms with van der Waals surface area (Å²) in [6, 6.07) is 8.84. The minimum absolute atomic E-state index is 0.427. The largest absolute Gasteiger partial charge is 0.399 e. The first-order chi connectivity index (χ1) is 8.68. The van der Waals surface area contributed by atoms with Crippen LogP contribution in [0.3, 0.4) is 0 Å². The number of hydrogen-bond donors (Lipinski definition) is 0. The lowest BCUT2D eigenvalue weighted by Crippen LogP contribution is -2.37. The van der Waals surface area contributed by atoms with Gasteiger partial charge in [-0.1, -0.05) is 12.1 Å². The monoisotopic (exact) mass is 239 g/mol. The first-order valence-corrected chi connectivity index (χ1v) is 6.17. The van der Waals surface area contributed by atoms with Crippen molar-refractivity contribution >= 4 is 24.9 Å². The molecule has 2 aromatic rings. The molecule has 0 amide bonds. The molecule has 0 fully saturated rings. The molecule has 91 valence electrons. The van der Waals surface area contributed by atoms with Gasteiger partial charge in [-0.2, -0.15) is 0 Å². The van der Waals surface area contributed by atoms with E-state index in [2.05, 4.69) is 60.3 Å². The van der Waals surface area contributed by atoms with Gasteiger partial charge in [0.2, 0.25) is 0 Å². The Morgan fingerprint density at radius 1 is 1.17 bits per heavy atom. The standard InChI is InChI=1S/C13H16BN4/c1-10(2)17-11-6-4-5-7-12(11)18(14-17)13-15-8-9-16(13)3/h4-10H,1-3H3. The molecule has 0 aliphatic carbocycles. The van der Waals surface area contributed by atoms with Crippen LogP contribution >= 0.6 is 0 Å². The van der Waals surface area contributed by atoms with E-state index < -0.39 is 0 Å². The second-order valence-corrected chi connectivity index (χ2v) is 4.81. The molecule has 2 heterocycles. The molecule has 1 aromatic carbocycles. The van der Waals surface area contributed by atoms with E-state index in [-0.39, 0.29) is 0 Å². The summed E-state index contributed by atoms with van der Waals surface area (Å²) < 4.78 is 2.02. The van der Waals surface area contributed by atoms with Crippen LogP contribution in [0.15, 0.2) is 36.7 Å². The summed E-state index contributed by atoms with van der Waals surface area (Å²) in [6.07, 6.45) is 3.79. The number of aryl methyl sites for hydroxylation is 1. The third kappa shape index (κ3) is 1.58. The van der Waals surface area contributed by atoms with Gasteiger partial charge in [0.1, 0.15) is 0 Å². The maximum absolute atomic E-state index is 4.42. The molecule has 1 aliphatic heterocycles. The van der Waals surface area contributed by atoms with Gasteiger partial charge in [-0.25, -0.2) is 4.98 Å². The van der Waals surface area contributed by atoms with Crippen molar-refractivity contribution in [2.45, 2.75) is 19.9 Å². The quantitative estimate of drug-likeness (QED) is 0.751. The van der Waals surface area contributed by atoms with Crippen molar-refractivity contribution in [1.29, 1.82) is 0 Å². The predicted molar refractivity (Wildman–Crippen MR) is 75.2 cm³/mol. The highest BCUT2D eigenvalue weighted by molar-refractivity contribution is 6.53. The highest BCUT2D eigenvalue weighted by Gasteiger charge is 2.32. The van der Waals surface area contributed by atoms with Crippen molar-refractivity contribution in [3.63, 3.8) is 0 Å². The molecular formula is C13H16BN4. The molecule has 3 rings (SSSR count). The van der Waals surface area contributed by atoms with E-state index in [1.165, 1.54) is 11.4 Å². The Balaban J connectivity index is 2.08. The summed E-state index contributed by atoms with van der Waals surface area (Å²) in [5, 5.41) is 0. The molecule has 0 saturated carbocycles. The van der Waals surface area contributed by atoms with Crippen LogP contribution in [-0.4, -0.2) is 23.1 Å². The number of imidazole rings is 1. The van der Waals surface area contributed by atoms with Crippen LogP contribution in [0.5, 0.6) is 0 Å². The Kier molecular flexibility index (Phi) is 2.54. The number of anilines is 3. The highest BCUT2D eigenvalue weighted by Crippen LogP contribution is 2.39. The average Bonchev–Trinajstić information content (AvgIpc) is 2.92. The van der Waals surface area contributed by atoms with Crippen LogP contribution < -0.4 is 9.62 Å². The van der Waals surface area contributed by atoms with Crippen molar-refractivity contribution in [3.05, 3.63) is 36.7 Å². The first kappa shape index (κ1) is 11.2. The van der Waals surface area contributed by atoms with Crippen LogP contribution in [-0.2, 0) is 7.05 Å². The minimum atomic E-state index is 0.427. The minimum Gasteiger partial charge on any atom is -0.395 e. The second kappa shape index (κ2) is 4.08. The average molecular weight is 239 g/mol. The van der Waals surface area contributed by atoms with E-state index >= 15 is 0 Å². The van der Waals surface area contributed by atoms with Gasteiger partial charge in [0.05, 0.1) is 5.69 Å². The van der Waals surface area contributed by atoms with E-state index in [4.69, 9.17) is 0 Å². The zero-order chi connectivity index (χ0) is 12.7. The number of aromatic nitrogens is 2. The van der Waals surface area contributed by atoms with Crippen LogP contribution in [0.1, 0.15) is 13.8 Å². The molecule has 1 aromatic heterocycles. The lowest BCUT2D eigenvalue weighted by atomic mass is 10.1. The molecule has 0 N–H and O–H groups in total. The predicted octanol–water partition coefficient (Wildman–Crippen LogP) is 2.32. The SMILES string of the molecule is CC(C)N1[B]N(c2nccn2C)c2ccccc21. The Morgan fingerprint density at radius 2 is 1.89 bits per heavy atom. The molecule has 1 radical (unpaired) electrons. The van der Waals surface area contributed by atoms with Crippen molar-refractivity contribution in [2.24, 2.45) is 7.05 Å². The van der Waals surface area contributed by atoms with Crippen molar-refractivity contribution < 1.29 is 0 Å². The summed E-state index contributed by atoms with van der Waals surface area (Å²) in [4.78, 5) is 8.82. The van der Waals surface area contributed by atoms with E-state index in [1.807, 2.05) is 24.0 Å². The number of hydrogen-bond acceptors (Lipinski definition) is 3. The molecule has 0 bridgehead atoms. The summed E-state index contributed by atoms with van der Waals surface area (Å²) in [5.74, 6) is 0.936. The number of nitrogens with zero attached hydrogens (tertiary/aromatic N) is 4. The lowest BCUT2D eigenvalue weighted by Gasteiger charge is -2.23. The molecule has 0 saturated heterocycles.